The maximum absolute atomic E-state index is 12.2. The first kappa shape index (κ1) is 20.0. The molecular weight excluding hydrogens is 396 g/mol. The monoisotopic (exact) mass is 410 g/mol. The van der Waals surface area contributed by atoms with E-state index in [0.717, 1.165) is 11.3 Å². The Hall–Kier alpha value is -2.28. The molecule has 0 unspecified atom stereocenters. The van der Waals surface area contributed by atoms with E-state index in [1.165, 1.54) is 6.08 Å². The van der Waals surface area contributed by atoms with Crippen molar-refractivity contribution in [2.75, 3.05) is 11.1 Å². The van der Waals surface area contributed by atoms with Gasteiger partial charge in [-0.2, -0.15) is 5.26 Å². The van der Waals surface area contributed by atoms with E-state index in [2.05, 4.69) is 15.5 Å². The minimum absolute atomic E-state index is 0.00888. The fraction of sp³-hybridized carbons (Fsp3) is 0.250. The van der Waals surface area contributed by atoms with Crippen LogP contribution in [0.1, 0.15) is 19.4 Å². The van der Waals surface area contributed by atoms with Gasteiger partial charge in [-0.25, -0.2) is 8.42 Å². The maximum Gasteiger partial charge on any atom is 0.268 e. The zero-order valence-corrected chi connectivity index (χ0v) is 16.3. The first-order chi connectivity index (χ1) is 12.2. The number of anilines is 1. The van der Waals surface area contributed by atoms with Crippen molar-refractivity contribution in [1.29, 1.82) is 5.26 Å². The van der Waals surface area contributed by atoms with Gasteiger partial charge in [-0.05, 0) is 29.7 Å². The van der Waals surface area contributed by atoms with Gasteiger partial charge in [0.05, 0.1) is 5.75 Å². The number of hydrogen-bond donors (Lipinski definition) is 1. The number of amides is 1. The summed E-state index contributed by atoms with van der Waals surface area (Å²) < 4.78 is 24.1. The number of rotatable bonds is 6. The molecule has 2 aromatic rings. The topological polar surface area (TPSA) is 113 Å². The number of hydrogen-bond acceptors (Lipinski definition) is 7. The summed E-state index contributed by atoms with van der Waals surface area (Å²) in [5.74, 6) is -0.823. The minimum atomic E-state index is -3.55. The number of sulfone groups is 1. The number of nitrogens with zero attached hydrogens (tertiary/aromatic N) is 3. The van der Waals surface area contributed by atoms with Crippen molar-refractivity contribution in [3.05, 3.63) is 40.4 Å². The van der Waals surface area contributed by atoms with E-state index in [1.807, 2.05) is 0 Å². The average Bonchev–Trinajstić information content (AvgIpc) is 3.02. The van der Waals surface area contributed by atoms with Crippen LogP contribution in [0, 0.1) is 17.2 Å². The van der Waals surface area contributed by atoms with Crippen LogP contribution in [0.5, 0.6) is 0 Å². The van der Waals surface area contributed by atoms with Crippen molar-refractivity contribution >= 4 is 49.9 Å². The van der Waals surface area contributed by atoms with Crippen molar-refractivity contribution in [2.45, 2.75) is 18.2 Å². The van der Waals surface area contributed by atoms with E-state index in [1.54, 1.807) is 44.2 Å². The van der Waals surface area contributed by atoms with Crippen molar-refractivity contribution in [1.82, 2.24) is 10.2 Å². The molecule has 0 spiro atoms. The van der Waals surface area contributed by atoms with Crippen molar-refractivity contribution in [3.63, 3.8) is 0 Å². The molecule has 0 aliphatic carbocycles. The van der Waals surface area contributed by atoms with Gasteiger partial charge in [0.1, 0.15) is 11.6 Å². The molecule has 0 aliphatic rings. The smallest absolute Gasteiger partial charge is 0.268 e. The molecule has 0 saturated heterocycles. The third-order valence-electron chi connectivity index (χ3n) is 2.99. The number of carbonyl (C=O) groups excluding carboxylic acids is 1. The molecule has 0 atom stereocenters. The van der Waals surface area contributed by atoms with Gasteiger partial charge in [-0.3, -0.25) is 10.1 Å². The Kier molecular flexibility index (Phi) is 6.47. The Labute approximate surface area is 160 Å². The molecule has 0 radical (unpaired) electrons. The molecule has 136 valence electrons. The molecule has 2 rings (SSSR count). The Morgan fingerprint density at radius 1 is 1.35 bits per heavy atom. The second-order valence-corrected chi connectivity index (χ2v) is 9.35. The summed E-state index contributed by atoms with van der Waals surface area (Å²) in [7, 11) is -3.55. The molecule has 10 heteroatoms. The molecular formula is C16H15ClN4O3S2. The summed E-state index contributed by atoms with van der Waals surface area (Å²) in [5, 5.41) is 19.4. The molecule has 1 aromatic carbocycles. The normalized spacial score (nSPS) is 12.0. The Morgan fingerprint density at radius 2 is 2.00 bits per heavy atom. The zero-order valence-electron chi connectivity index (χ0n) is 13.9. The van der Waals surface area contributed by atoms with Crippen LogP contribution >= 0.6 is 22.9 Å². The summed E-state index contributed by atoms with van der Waals surface area (Å²) in [6, 6.07) is 8.40. The Morgan fingerprint density at radius 3 is 2.58 bits per heavy atom. The van der Waals surface area contributed by atoms with Crippen molar-refractivity contribution in [3.8, 4) is 6.07 Å². The first-order valence-electron chi connectivity index (χ1n) is 7.46. The number of nitrogens with one attached hydrogen (secondary N) is 1. The van der Waals surface area contributed by atoms with Gasteiger partial charge in [-0.15, -0.1) is 10.2 Å². The molecule has 1 heterocycles. The maximum atomic E-state index is 12.2. The second-order valence-electron chi connectivity index (χ2n) is 5.72. The van der Waals surface area contributed by atoms with Crippen molar-refractivity contribution < 1.29 is 13.2 Å². The van der Waals surface area contributed by atoms with E-state index >= 15 is 0 Å². The molecule has 1 N–H and O–H groups in total. The zero-order chi connectivity index (χ0) is 19.3. The van der Waals surface area contributed by atoms with Crippen LogP contribution in [0.15, 0.2) is 34.2 Å². The summed E-state index contributed by atoms with van der Waals surface area (Å²) in [4.78, 5) is 12.2. The lowest BCUT2D eigenvalue weighted by atomic mass is 10.1. The Bertz CT molecular complexity index is 974. The highest BCUT2D eigenvalue weighted by Crippen LogP contribution is 2.23. The van der Waals surface area contributed by atoms with Crippen LogP contribution < -0.4 is 5.32 Å². The molecule has 0 bridgehead atoms. The molecule has 1 amide bonds. The predicted molar refractivity (Wildman–Crippen MR) is 100 cm³/mol. The van der Waals surface area contributed by atoms with Gasteiger partial charge < -0.3 is 0 Å². The number of benzene rings is 1. The summed E-state index contributed by atoms with van der Waals surface area (Å²) >= 11 is 6.54. The van der Waals surface area contributed by atoms with Crippen molar-refractivity contribution in [2.24, 2.45) is 5.92 Å². The summed E-state index contributed by atoms with van der Waals surface area (Å²) in [5.41, 5.74) is 0.465. The van der Waals surface area contributed by atoms with Crippen LogP contribution in [-0.2, 0) is 14.6 Å². The highest BCUT2D eigenvalue weighted by molar-refractivity contribution is 7.93. The third kappa shape index (κ3) is 5.36. The lowest BCUT2D eigenvalue weighted by Gasteiger charge is -2.02. The summed E-state index contributed by atoms with van der Waals surface area (Å²) in [6.07, 6.45) is 1.39. The fourth-order valence-electron chi connectivity index (χ4n) is 1.93. The largest absolute Gasteiger partial charge is 0.296 e. The van der Waals surface area contributed by atoms with Gasteiger partial charge in [0.2, 0.25) is 19.3 Å². The quantitative estimate of drug-likeness (QED) is 0.444. The number of halogens is 1. The summed E-state index contributed by atoms with van der Waals surface area (Å²) in [6.45, 7) is 3.56. The molecule has 0 aliphatic heterocycles. The first-order valence-corrected chi connectivity index (χ1v) is 10.3. The molecule has 1 aromatic heterocycles. The van der Waals surface area contributed by atoms with E-state index in [9.17, 15) is 18.5 Å². The van der Waals surface area contributed by atoms with Gasteiger partial charge in [0.25, 0.3) is 5.91 Å². The van der Waals surface area contributed by atoms with Crippen LogP contribution in [0.4, 0.5) is 5.13 Å². The SMILES string of the molecule is CC(C)CS(=O)(=O)c1nnc(NC(=O)C(C#N)=Cc2ccc(Cl)cc2)s1. The number of nitriles is 1. The third-order valence-corrected chi connectivity index (χ3v) is 6.61. The second kappa shape index (κ2) is 8.40. The van der Waals surface area contributed by atoms with Crippen LogP contribution in [-0.4, -0.2) is 30.3 Å². The Balaban J connectivity index is 2.16. The van der Waals surface area contributed by atoms with E-state index < -0.39 is 15.7 Å². The lowest BCUT2D eigenvalue weighted by molar-refractivity contribution is -0.112. The predicted octanol–water partition coefficient (Wildman–Crippen LogP) is 3.17. The van der Waals surface area contributed by atoms with E-state index in [-0.39, 0.29) is 26.7 Å². The fourth-order valence-corrected chi connectivity index (χ4v) is 4.67. The van der Waals surface area contributed by atoms with Gasteiger partial charge in [0, 0.05) is 5.02 Å². The van der Waals surface area contributed by atoms with Crippen LogP contribution in [0.25, 0.3) is 6.08 Å². The highest BCUT2D eigenvalue weighted by atomic mass is 35.5. The molecule has 0 saturated carbocycles. The van der Waals surface area contributed by atoms with Gasteiger partial charge in [-0.1, -0.05) is 48.9 Å². The highest BCUT2D eigenvalue weighted by Gasteiger charge is 2.22. The lowest BCUT2D eigenvalue weighted by Crippen LogP contribution is -2.13. The standard InChI is InChI=1S/C16H15ClN4O3S2/c1-10(2)9-26(23,24)16-21-20-15(25-16)19-14(22)12(8-18)7-11-3-5-13(17)6-4-11/h3-7,10H,9H2,1-2H3,(H,19,20,22). The number of carbonyl (C=O) groups is 1. The minimum Gasteiger partial charge on any atom is -0.296 e. The van der Waals surface area contributed by atoms with E-state index in [0.29, 0.717) is 10.6 Å². The van der Waals surface area contributed by atoms with Crippen LogP contribution in [0.2, 0.25) is 5.02 Å². The van der Waals surface area contributed by atoms with E-state index in [4.69, 9.17) is 11.6 Å². The number of aromatic nitrogens is 2. The van der Waals surface area contributed by atoms with Gasteiger partial charge in [0.15, 0.2) is 0 Å². The van der Waals surface area contributed by atoms with Gasteiger partial charge >= 0.3 is 0 Å². The van der Waals surface area contributed by atoms with Crippen LogP contribution in [0.3, 0.4) is 0 Å². The average molecular weight is 411 g/mol. The molecule has 26 heavy (non-hydrogen) atoms. The molecule has 0 fully saturated rings. The molecule has 7 nitrogen and oxygen atoms in total.